The van der Waals surface area contributed by atoms with Gasteiger partial charge in [0.05, 0.1) is 13.0 Å². The van der Waals surface area contributed by atoms with Crippen LogP contribution in [0.4, 0.5) is 0 Å². The molecule has 0 bridgehead atoms. The molecule has 2 amide bonds. The average molecular weight is 459 g/mol. The van der Waals surface area contributed by atoms with Crippen LogP contribution in [0.1, 0.15) is 24.8 Å². The standard InChI is InChI=1S/C23H27BrN2O3/c1-25(17-19-7-5-6-10-21(19)24)23(28)18-11-14-26(15-12-18)22(27)13-16-29-20-8-3-2-4-9-20/h2-10,18H,11-17H2,1H3. The maximum Gasteiger partial charge on any atom is 0.225 e. The fourth-order valence-corrected chi connectivity index (χ4v) is 3.99. The second kappa shape index (κ2) is 10.4. The van der Waals surface area contributed by atoms with Crippen LogP contribution < -0.4 is 4.74 Å². The minimum absolute atomic E-state index is 0.0212. The number of hydrogen-bond acceptors (Lipinski definition) is 3. The first-order chi connectivity index (χ1) is 14.0. The lowest BCUT2D eigenvalue weighted by Crippen LogP contribution is -2.43. The van der Waals surface area contributed by atoms with E-state index in [9.17, 15) is 9.59 Å². The van der Waals surface area contributed by atoms with Gasteiger partial charge in [0.15, 0.2) is 0 Å². The van der Waals surface area contributed by atoms with E-state index in [-0.39, 0.29) is 17.7 Å². The van der Waals surface area contributed by atoms with Gasteiger partial charge in [0.1, 0.15) is 5.75 Å². The topological polar surface area (TPSA) is 49.9 Å². The fourth-order valence-electron chi connectivity index (χ4n) is 3.58. The number of piperidine rings is 1. The molecular weight excluding hydrogens is 432 g/mol. The third-order valence-electron chi connectivity index (χ3n) is 5.27. The van der Waals surface area contributed by atoms with Crippen LogP contribution in [-0.2, 0) is 16.1 Å². The highest BCUT2D eigenvalue weighted by Crippen LogP contribution is 2.23. The Kier molecular flexibility index (Phi) is 7.69. The molecule has 2 aromatic rings. The molecule has 6 heteroatoms. The summed E-state index contributed by atoms with van der Waals surface area (Å²) in [7, 11) is 1.85. The molecule has 0 aromatic heterocycles. The zero-order valence-electron chi connectivity index (χ0n) is 16.7. The summed E-state index contributed by atoms with van der Waals surface area (Å²) in [5, 5.41) is 0. The first-order valence-electron chi connectivity index (χ1n) is 9.98. The lowest BCUT2D eigenvalue weighted by Gasteiger charge is -2.33. The summed E-state index contributed by atoms with van der Waals surface area (Å²) in [5.74, 6) is 0.999. The van der Waals surface area contributed by atoms with Gasteiger partial charge in [0.2, 0.25) is 11.8 Å². The summed E-state index contributed by atoms with van der Waals surface area (Å²) in [4.78, 5) is 28.9. The molecule has 1 fully saturated rings. The average Bonchev–Trinajstić information content (AvgIpc) is 2.75. The van der Waals surface area contributed by atoms with Crippen molar-refractivity contribution in [2.75, 3.05) is 26.7 Å². The van der Waals surface area contributed by atoms with Gasteiger partial charge in [-0.2, -0.15) is 0 Å². The fraction of sp³-hybridized carbons (Fsp3) is 0.391. The number of para-hydroxylation sites is 1. The predicted octanol–water partition coefficient (Wildman–Crippen LogP) is 4.12. The predicted molar refractivity (Wildman–Crippen MR) is 116 cm³/mol. The van der Waals surface area contributed by atoms with Crippen LogP contribution in [0.25, 0.3) is 0 Å². The molecule has 1 aliphatic heterocycles. The van der Waals surface area contributed by atoms with E-state index < -0.39 is 0 Å². The van der Waals surface area contributed by atoms with E-state index in [1.807, 2.05) is 66.5 Å². The Morgan fingerprint density at radius 2 is 1.72 bits per heavy atom. The van der Waals surface area contributed by atoms with E-state index in [1.165, 1.54) is 0 Å². The Hall–Kier alpha value is -2.34. The molecule has 0 unspecified atom stereocenters. The minimum atomic E-state index is -0.0212. The molecule has 0 aliphatic carbocycles. The van der Waals surface area contributed by atoms with Crippen LogP contribution in [0.5, 0.6) is 5.75 Å². The summed E-state index contributed by atoms with van der Waals surface area (Å²) < 4.78 is 6.62. The molecule has 3 rings (SSSR count). The lowest BCUT2D eigenvalue weighted by molar-refractivity contribution is -0.140. The first kappa shape index (κ1) is 21.4. The summed E-state index contributed by atoms with van der Waals surface area (Å²) in [6.07, 6.45) is 1.78. The van der Waals surface area contributed by atoms with Gasteiger partial charge in [-0.3, -0.25) is 9.59 Å². The monoisotopic (exact) mass is 458 g/mol. The molecule has 29 heavy (non-hydrogen) atoms. The minimum Gasteiger partial charge on any atom is -0.493 e. The van der Waals surface area contributed by atoms with Gasteiger partial charge in [-0.25, -0.2) is 0 Å². The van der Waals surface area contributed by atoms with Crippen LogP contribution in [0.15, 0.2) is 59.1 Å². The van der Waals surface area contributed by atoms with Crippen molar-refractivity contribution in [2.24, 2.45) is 5.92 Å². The van der Waals surface area contributed by atoms with E-state index >= 15 is 0 Å². The Bertz CT molecular complexity index is 820. The molecule has 5 nitrogen and oxygen atoms in total. The van der Waals surface area contributed by atoms with Crippen molar-refractivity contribution >= 4 is 27.7 Å². The van der Waals surface area contributed by atoms with Crippen molar-refractivity contribution < 1.29 is 14.3 Å². The number of rotatable bonds is 7. The van der Waals surface area contributed by atoms with E-state index in [0.29, 0.717) is 45.5 Å². The zero-order chi connectivity index (χ0) is 20.6. The smallest absolute Gasteiger partial charge is 0.225 e. The van der Waals surface area contributed by atoms with Crippen LogP contribution in [-0.4, -0.2) is 48.4 Å². The van der Waals surface area contributed by atoms with Crippen molar-refractivity contribution in [3.8, 4) is 5.75 Å². The van der Waals surface area contributed by atoms with E-state index in [2.05, 4.69) is 15.9 Å². The molecule has 0 atom stereocenters. The SMILES string of the molecule is CN(Cc1ccccc1Br)C(=O)C1CCN(C(=O)CCOc2ccccc2)CC1. The molecule has 0 radical (unpaired) electrons. The van der Waals surface area contributed by atoms with Crippen molar-refractivity contribution in [1.29, 1.82) is 0 Å². The number of likely N-dealkylation sites (tertiary alicyclic amines) is 1. The van der Waals surface area contributed by atoms with Crippen LogP contribution >= 0.6 is 15.9 Å². The number of benzene rings is 2. The highest BCUT2D eigenvalue weighted by Gasteiger charge is 2.29. The van der Waals surface area contributed by atoms with Gasteiger partial charge >= 0.3 is 0 Å². The number of amides is 2. The summed E-state index contributed by atoms with van der Waals surface area (Å²) in [5.41, 5.74) is 1.09. The van der Waals surface area contributed by atoms with Crippen molar-refractivity contribution in [3.63, 3.8) is 0 Å². The Labute approximate surface area is 180 Å². The summed E-state index contributed by atoms with van der Waals surface area (Å²) in [6.45, 7) is 2.21. The van der Waals surface area contributed by atoms with Crippen molar-refractivity contribution in [3.05, 3.63) is 64.6 Å². The number of ether oxygens (including phenoxy) is 1. The third kappa shape index (κ3) is 6.07. The molecule has 1 saturated heterocycles. The summed E-state index contributed by atoms with van der Waals surface area (Å²) >= 11 is 3.54. The Morgan fingerprint density at radius 3 is 2.41 bits per heavy atom. The van der Waals surface area contributed by atoms with Gasteiger partial charge in [-0.05, 0) is 36.6 Å². The van der Waals surface area contributed by atoms with E-state index in [0.717, 1.165) is 15.8 Å². The largest absolute Gasteiger partial charge is 0.493 e. The van der Waals surface area contributed by atoms with Gasteiger partial charge in [0, 0.05) is 37.1 Å². The number of carbonyl (C=O) groups is 2. The summed E-state index contributed by atoms with van der Waals surface area (Å²) in [6, 6.07) is 17.5. The first-order valence-corrected chi connectivity index (χ1v) is 10.8. The number of nitrogens with zero attached hydrogens (tertiary/aromatic N) is 2. The maximum absolute atomic E-state index is 12.8. The van der Waals surface area contributed by atoms with Crippen LogP contribution in [0, 0.1) is 5.92 Å². The zero-order valence-corrected chi connectivity index (χ0v) is 18.3. The number of halogens is 1. The van der Waals surface area contributed by atoms with Crippen molar-refractivity contribution in [2.45, 2.75) is 25.8 Å². The molecule has 1 aliphatic rings. The second-order valence-corrected chi connectivity index (χ2v) is 8.21. The van der Waals surface area contributed by atoms with Gasteiger partial charge in [0.25, 0.3) is 0 Å². The normalized spacial score (nSPS) is 14.5. The second-order valence-electron chi connectivity index (χ2n) is 7.35. The van der Waals surface area contributed by atoms with Gasteiger partial charge in [-0.15, -0.1) is 0 Å². The quantitative estimate of drug-likeness (QED) is 0.626. The molecule has 0 saturated carbocycles. The van der Waals surface area contributed by atoms with Crippen LogP contribution in [0.3, 0.4) is 0 Å². The van der Waals surface area contributed by atoms with Crippen molar-refractivity contribution in [1.82, 2.24) is 9.80 Å². The van der Waals surface area contributed by atoms with Crippen LogP contribution in [0.2, 0.25) is 0 Å². The van der Waals surface area contributed by atoms with Gasteiger partial charge in [-0.1, -0.05) is 52.3 Å². The Morgan fingerprint density at radius 1 is 1.07 bits per heavy atom. The molecule has 1 heterocycles. The van der Waals surface area contributed by atoms with E-state index in [1.54, 1.807) is 4.90 Å². The molecular formula is C23H27BrN2O3. The number of hydrogen-bond donors (Lipinski definition) is 0. The Balaban J connectivity index is 1.41. The number of carbonyl (C=O) groups excluding carboxylic acids is 2. The maximum atomic E-state index is 12.8. The van der Waals surface area contributed by atoms with Gasteiger partial charge < -0.3 is 14.5 Å². The molecule has 154 valence electrons. The molecule has 2 aromatic carbocycles. The van der Waals surface area contributed by atoms with E-state index in [4.69, 9.17) is 4.74 Å². The highest BCUT2D eigenvalue weighted by molar-refractivity contribution is 9.10. The molecule has 0 N–H and O–H groups in total. The lowest BCUT2D eigenvalue weighted by atomic mass is 9.95. The highest BCUT2D eigenvalue weighted by atomic mass is 79.9. The molecule has 0 spiro atoms. The third-order valence-corrected chi connectivity index (χ3v) is 6.04.